The Bertz CT molecular complexity index is 1620. The van der Waals surface area contributed by atoms with Gasteiger partial charge in [0.25, 0.3) is 15.9 Å². The van der Waals surface area contributed by atoms with E-state index >= 15 is 0 Å². The average molecular weight is 857 g/mol. The number of carboxylic acid groups (broad SMARTS) is 2. The van der Waals surface area contributed by atoms with Gasteiger partial charge in [0.05, 0.1) is 56.7 Å². The number of anilines is 1. The van der Waals surface area contributed by atoms with E-state index in [0.29, 0.717) is 6.61 Å². The number of carbonyl (C=O) groups is 4. The van der Waals surface area contributed by atoms with E-state index in [1.54, 1.807) is 0 Å². The van der Waals surface area contributed by atoms with Crippen molar-refractivity contribution in [2.24, 2.45) is 0 Å². The molecule has 5 N–H and O–H groups in total. The Morgan fingerprint density at radius 3 is 1.75 bits per heavy atom. The Balaban J connectivity index is 1.52. The molecule has 1 heterocycles. The van der Waals surface area contributed by atoms with Gasteiger partial charge in [-0.1, -0.05) is 70.6 Å². The first kappa shape index (κ1) is 50.7. The minimum atomic E-state index is -4.18. The number of benzene rings is 1. The molecule has 332 valence electrons. The number of unbranched alkanes of at least 4 members (excludes halogenated alkanes) is 12. The predicted octanol–water partition coefficient (Wildman–Crippen LogP) is 4.94. The van der Waals surface area contributed by atoms with Gasteiger partial charge in [-0.25, -0.2) is 22.6 Å². The largest absolute Gasteiger partial charge is 0.491 e. The van der Waals surface area contributed by atoms with Crippen molar-refractivity contribution in [1.82, 2.24) is 15.6 Å². The molecule has 1 aromatic heterocycles. The average Bonchev–Trinajstić information content (AvgIpc) is 3.20. The second-order valence-electron chi connectivity index (χ2n) is 13.5. The molecular formula is C40H61FN4O13S. The van der Waals surface area contributed by atoms with Gasteiger partial charge in [-0.3, -0.25) is 19.1 Å². The highest BCUT2D eigenvalue weighted by Gasteiger charge is 2.18. The lowest BCUT2D eigenvalue weighted by Gasteiger charge is -2.11. The summed E-state index contributed by atoms with van der Waals surface area (Å²) in [5, 5.41) is 22.4. The first-order valence-electron chi connectivity index (χ1n) is 20.2. The van der Waals surface area contributed by atoms with E-state index < -0.39 is 40.3 Å². The first-order valence-corrected chi connectivity index (χ1v) is 21.7. The van der Waals surface area contributed by atoms with Crippen LogP contribution in [0.15, 0.2) is 41.4 Å². The lowest BCUT2D eigenvalue weighted by Crippen LogP contribution is -2.31. The van der Waals surface area contributed by atoms with E-state index in [0.717, 1.165) is 57.4 Å². The molecule has 17 nitrogen and oxygen atoms in total. The smallest absolute Gasteiger partial charge is 0.329 e. The molecule has 0 spiro atoms. The van der Waals surface area contributed by atoms with Gasteiger partial charge in [-0.15, -0.1) is 0 Å². The lowest BCUT2D eigenvalue weighted by atomic mass is 10.0. The number of hydrogen-bond donors (Lipinski definition) is 5. The van der Waals surface area contributed by atoms with Crippen LogP contribution in [0.4, 0.5) is 10.2 Å². The lowest BCUT2D eigenvalue weighted by molar-refractivity contribution is -0.143. The molecule has 0 saturated carbocycles. The first-order chi connectivity index (χ1) is 28.5. The molecule has 0 atom stereocenters. The zero-order valence-electron chi connectivity index (χ0n) is 33.8. The molecule has 0 radical (unpaired) electrons. The molecule has 0 unspecified atom stereocenters. The van der Waals surface area contributed by atoms with Gasteiger partial charge in [-0.05, 0) is 43.2 Å². The number of hydrogen-bond acceptors (Lipinski definition) is 12. The SMILES string of the molecule is O=C(O)CCCCCCCCCCCCCCCOc1ccc(S(=O)(=O)Nc2ccc(C(=O)NCCOCCOCC(=O)NCCOCCOCC(=O)O)cn2)cc1F. The van der Waals surface area contributed by atoms with Crippen molar-refractivity contribution in [1.29, 1.82) is 0 Å². The van der Waals surface area contributed by atoms with E-state index in [9.17, 15) is 32.0 Å². The van der Waals surface area contributed by atoms with Gasteiger partial charge in [0.15, 0.2) is 11.6 Å². The number of pyridine rings is 1. The summed E-state index contributed by atoms with van der Waals surface area (Å²) in [6.45, 7) is 1.25. The molecule has 0 saturated heterocycles. The van der Waals surface area contributed by atoms with E-state index in [-0.39, 0.29) is 93.7 Å². The van der Waals surface area contributed by atoms with Crippen LogP contribution in [0, 0.1) is 5.82 Å². The highest BCUT2D eigenvalue weighted by atomic mass is 32.2. The Hall–Kier alpha value is -4.43. The molecule has 1 aromatic carbocycles. The number of aromatic nitrogens is 1. The zero-order valence-corrected chi connectivity index (χ0v) is 34.6. The minimum absolute atomic E-state index is 0.0291. The van der Waals surface area contributed by atoms with E-state index in [4.69, 9.17) is 33.9 Å². The number of ether oxygens (including phenoxy) is 5. The van der Waals surface area contributed by atoms with Crippen molar-refractivity contribution >= 4 is 39.6 Å². The highest BCUT2D eigenvalue weighted by molar-refractivity contribution is 7.92. The zero-order chi connectivity index (χ0) is 43.0. The number of carboxylic acids is 2. The van der Waals surface area contributed by atoms with Gasteiger partial charge in [0, 0.05) is 25.7 Å². The summed E-state index contributed by atoms with van der Waals surface area (Å²) < 4.78 is 69.0. The van der Waals surface area contributed by atoms with Crippen LogP contribution in [-0.4, -0.2) is 120 Å². The van der Waals surface area contributed by atoms with E-state index in [2.05, 4.69) is 20.3 Å². The molecule has 2 aromatic rings. The summed E-state index contributed by atoms with van der Waals surface area (Å²) in [5.41, 5.74) is 0.178. The van der Waals surface area contributed by atoms with Crippen molar-refractivity contribution in [2.75, 3.05) is 77.3 Å². The Morgan fingerprint density at radius 1 is 0.627 bits per heavy atom. The third kappa shape index (κ3) is 25.6. The number of carbonyl (C=O) groups excluding carboxylic acids is 2. The van der Waals surface area contributed by atoms with Crippen molar-refractivity contribution in [2.45, 2.75) is 94.8 Å². The Morgan fingerprint density at radius 2 is 1.19 bits per heavy atom. The van der Waals surface area contributed by atoms with Crippen LogP contribution >= 0.6 is 0 Å². The van der Waals surface area contributed by atoms with Gasteiger partial charge in [0.2, 0.25) is 5.91 Å². The van der Waals surface area contributed by atoms with Gasteiger partial charge in [-0.2, -0.15) is 0 Å². The van der Waals surface area contributed by atoms with E-state index in [1.165, 1.54) is 62.6 Å². The number of halogens is 1. The molecule has 59 heavy (non-hydrogen) atoms. The molecule has 0 aliphatic rings. The van der Waals surface area contributed by atoms with Crippen molar-refractivity contribution in [3.63, 3.8) is 0 Å². The van der Waals surface area contributed by atoms with Crippen LogP contribution in [0.1, 0.15) is 100 Å². The fourth-order valence-corrected chi connectivity index (χ4v) is 6.49. The number of nitrogens with one attached hydrogen (secondary N) is 3. The minimum Gasteiger partial charge on any atom is -0.491 e. The summed E-state index contributed by atoms with van der Waals surface area (Å²) in [7, 11) is -4.18. The van der Waals surface area contributed by atoms with Crippen LogP contribution in [-0.2, 0) is 43.4 Å². The standard InChI is InChI=1S/C40H61FN4O13S/c41-34-28-33(16-17-35(34)58-21-13-11-9-7-5-3-1-2-4-6-8-10-12-14-38(47)48)59(52,53)45-36-18-15-32(29-44-36)40(51)43-20-23-55-24-26-56-30-37(46)42-19-22-54-25-27-57-31-39(49)50/h15-18,28-29H,1-14,19-27,30-31H2,(H,42,46)(H,43,51)(H,44,45)(H,47,48)(H,49,50). The number of nitrogens with zero attached hydrogens (tertiary/aromatic N) is 1. The van der Waals surface area contributed by atoms with E-state index in [1.807, 2.05) is 0 Å². The quantitative estimate of drug-likeness (QED) is 0.0566. The highest BCUT2D eigenvalue weighted by Crippen LogP contribution is 2.23. The second-order valence-corrected chi connectivity index (χ2v) is 15.2. The molecule has 0 fully saturated rings. The summed E-state index contributed by atoms with van der Waals surface area (Å²) in [4.78, 5) is 48.7. The third-order valence-corrected chi connectivity index (χ3v) is 9.93. The maximum Gasteiger partial charge on any atom is 0.329 e. The number of sulfonamides is 1. The summed E-state index contributed by atoms with van der Waals surface area (Å²) in [6, 6.07) is 6.12. The topological polar surface area (TPSA) is 238 Å². The van der Waals surface area contributed by atoms with Crippen molar-refractivity contribution < 1.29 is 65.9 Å². The summed E-state index contributed by atoms with van der Waals surface area (Å²) in [5.74, 6) is -3.47. The van der Waals surface area contributed by atoms with Gasteiger partial charge in [0.1, 0.15) is 19.0 Å². The molecule has 2 amide bonds. The summed E-state index contributed by atoms with van der Waals surface area (Å²) in [6.07, 6.45) is 15.4. The van der Waals surface area contributed by atoms with Gasteiger partial charge >= 0.3 is 11.9 Å². The fraction of sp³-hybridized carbons (Fsp3) is 0.625. The van der Waals surface area contributed by atoms with Crippen LogP contribution in [0.3, 0.4) is 0 Å². The van der Waals surface area contributed by atoms with Crippen LogP contribution < -0.4 is 20.1 Å². The Kier molecular flexibility index (Phi) is 27.1. The monoisotopic (exact) mass is 856 g/mol. The summed E-state index contributed by atoms with van der Waals surface area (Å²) >= 11 is 0. The Labute approximate surface area is 346 Å². The predicted molar refractivity (Wildman–Crippen MR) is 215 cm³/mol. The van der Waals surface area contributed by atoms with Gasteiger partial charge < -0.3 is 44.5 Å². The number of amides is 2. The molecule has 0 bridgehead atoms. The molecule has 2 rings (SSSR count). The molecule has 0 aliphatic carbocycles. The fourth-order valence-electron chi connectivity index (χ4n) is 5.47. The van der Waals surface area contributed by atoms with Crippen molar-refractivity contribution in [3.05, 3.63) is 47.9 Å². The number of aliphatic carboxylic acids is 2. The maximum absolute atomic E-state index is 14.8. The molecular weight excluding hydrogens is 796 g/mol. The van der Waals surface area contributed by atoms with Crippen LogP contribution in [0.2, 0.25) is 0 Å². The van der Waals surface area contributed by atoms with Crippen molar-refractivity contribution in [3.8, 4) is 5.75 Å². The second kappa shape index (κ2) is 31.5. The number of rotatable bonds is 37. The van der Waals surface area contributed by atoms with Crippen LogP contribution in [0.5, 0.6) is 5.75 Å². The van der Waals surface area contributed by atoms with Crippen LogP contribution in [0.25, 0.3) is 0 Å². The third-order valence-electron chi connectivity index (χ3n) is 8.57. The maximum atomic E-state index is 14.8. The molecule has 0 aliphatic heterocycles. The molecule has 19 heteroatoms. The normalized spacial score (nSPS) is 11.3.